The molecule has 1 saturated carbocycles. The number of ether oxygens (including phenoxy) is 2. The SMILES string of the molecule is CCCCN1C(=O)[C@@H]([C@H](O)C2CCCCC2)NC(=O)C12CCN(Cc1ccc(Oc3ccc(C(=O)N(C)C)cc3OC)cc1)CC2. The van der Waals surface area contributed by atoms with Gasteiger partial charge < -0.3 is 29.7 Å². The molecule has 3 fully saturated rings. The van der Waals surface area contributed by atoms with Crippen LogP contribution in [-0.4, -0.2) is 96.1 Å². The molecule has 2 aromatic rings. The number of likely N-dealkylation sites (tertiary alicyclic amines) is 1. The maximum Gasteiger partial charge on any atom is 0.253 e. The van der Waals surface area contributed by atoms with Crippen molar-refractivity contribution in [3.8, 4) is 17.2 Å². The summed E-state index contributed by atoms with van der Waals surface area (Å²) in [7, 11) is 4.96. The summed E-state index contributed by atoms with van der Waals surface area (Å²) in [6, 6.07) is 12.2. The molecule has 10 nitrogen and oxygen atoms in total. The Bertz CT molecular complexity index is 1370. The molecule has 250 valence electrons. The van der Waals surface area contributed by atoms with Crippen LogP contribution in [0.4, 0.5) is 0 Å². The number of hydrogen-bond donors (Lipinski definition) is 2. The van der Waals surface area contributed by atoms with Gasteiger partial charge in [0.2, 0.25) is 11.8 Å². The molecule has 2 atom stereocenters. The number of unbranched alkanes of at least 4 members (excludes halogenated alkanes) is 1. The summed E-state index contributed by atoms with van der Waals surface area (Å²) in [4.78, 5) is 45.7. The summed E-state index contributed by atoms with van der Waals surface area (Å²) in [5.41, 5.74) is 0.771. The van der Waals surface area contributed by atoms with E-state index in [0.29, 0.717) is 61.8 Å². The van der Waals surface area contributed by atoms with Gasteiger partial charge in [-0.1, -0.05) is 44.7 Å². The number of nitrogens with one attached hydrogen (secondary N) is 1. The number of benzene rings is 2. The molecule has 0 aromatic heterocycles. The zero-order valence-electron chi connectivity index (χ0n) is 27.8. The molecule has 0 bridgehead atoms. The number of aliphatic hydroxyl groups excluding tert-OH is 1. The van der Waals surface area contributed by atoms with E-state index in [-0.39, 0.29) is 23.6 Å². The van der Waals surface area contributed by atoms with E-state index < -0.39 is 17.7 Å². The molecule has 3 amide bonds. The van der Waals surface area contributed by atoms with Gasteiger partial charge in [-0.15, -0.1) is 0 Å². The molecule has 5 rings (SSSR count). The van der Waals surface area contributed by atoms with Crippen LogP contribution in [0, 0.1) is 5.92 Å². The first kappa shape index (κ1) is 33.7. The molecule has 3 aliphatic rings. The molecule has 46 heavy (non-hydrogen) atoms. The van der Waals surface area contributed by atoms with Gasteiger partial charge in [0.25, 0.3) is 5.91 Å². The van der Waals surface area contributed by atoms with Crippen LogP contribution in [0.5, 0.6) is 17.2 Å². The number of carbonyl (C=O) groups excluding carboxylic acids is 3. The molecule has 0 unspecified atom stereocenters. The third-order valence-corrected chi connectivity index (χ3v) is 10.0. The summed E-state index contributed by atoms with van der Waals surface area (Å²) in [6.07, 6.45) is 7.16. The number of aliphatic hydroxyl groups is 1. The van der Waals surface area contributed by atoms with Gasteiger partial charge in [0, 0.05) is 45.8 Å². The number of piperidine rings is 1. The Hall–Kier alpha value is -3.63. The number of piperazine rings is 1. The largest absolute Gasteiger partial charge is 0.493 e. The molecule has 2 saturated heterocycles. The van der Waals surface area contributed by atoms with Crippen LogP contribution in [0.3, 0.4) is 0 Å². The lowest BCUT2D eigenvalue weighted by Crippen LogP contribution is -2.75. The first-order valence-corrected chi connectivity index (χ1v) is 16.9. The average Bonchev–Trinajstić information content (AvgIpc) is 3.08. The minimum Gasteiger partial charge on any atom is -0.493 e. The number of nitrogens with zero attached hydrogens (tertiary/aromatic N) is 3. The van der Waals surface area contributed by atoms with Crippen molar-refractivity contribution in [3.63, 3.8) is 0 Å². The van der Waals surface area contributed by atoms with Crippen LogP contribution in [0.2, 0.25) is 0 Å². The standard InChI is InChI=1S/C36H50N4O6/c1-5-6-20-40-34(43)31(32(41)26-10-8-7-9-11-26)37-35(44)36(40)18-21-39(22-19-36)24-25-12-15-28(16-13-25)46-29-17-14-27(23-30(29)45-4)33(42)38(2)3/h12-17,23,26,31-32,41H,5-11,18-22,24H2,1-4H3,(H,37,44)/t31-,32-/m1/s1. The zero-order chi connectivity index (χ0) is 32.8. The van der Waals surface area contributed by atoms with Gasteiger partial charge in [-0.2, -0.15) is 0 Å². The number of amides is 3. The molecule has 10 heteroatoms. The third kappa shape index (κ3) is 7.18. The normalized spacial score (nSPS) is 21.2. The first-order chi connectivity index (χ1) is 22.2. The van der Waals surface area contributed by atoms with Crippen LogP contribution >= 0.6 is 0 Å². The smallest absolute Gasteiger partial charge is 0.253 e. The highest BCUT2D eigenvalue weighted by molar-refractivity contribution is 6.00. The van der Waals surface area contributed by atoms with E-state index in [9.17, 15) is 19.5 Å². The van der Waals surface area contributed by atoms with Crippen LogP contribution in [0.15, 0.2) is 42.5 Å². The van der Waals surface area contributed by atoms with Crippen molar-refractivity contribution in [2.75, 3.05) is 40.8 Å². The fourth-order valence-electron chi connectivity index (χ4n) is 7.23. The number of rotatable bonds is 11. The van der Waals surface area contributed by atoms with Gasteiger partial charge in [0.15, 0.2) is 11.5 Å². The van der Waals surface area contributed by atoms with Crippen LogP contribution < -0.4 is 14.8 Å². The van der Waals surface area contributed by atoms with Crippen molar-refractivity contribution in [1.82, 2.24) is 20.0 Å². The molecule has 2 aliphatic heterocycles. The van der Waals surface area contributed by atoms with Gasteiger partial charge in [-0.25, -0.2) is 0 Å². The van der Waals surface area contributed by atoms with Gasteiger partial charge in [-0.05, 0) is 73.9 Å². The molecule has 1 aliphatic carbocycles. The number of carbonyl (C=O) groups is 3. The maximum atomic E-state index is 13.9. The molecule has 2 N–H and O–H groups in total. The second-order valence-corrected chi connectivity index (χ2v) is 13.3. The fourth-order valence-corrected chi connectivity index (χ4v) is 7.23. The topological polar surface area (TPSA) is 112 Å². The van der Waals surface area contributed by atoms with Crippen molar-refractivity contribution in [1.29, 1.82) is 0 Å². The molecular formula is C36H50N4O6. The molecular weight excluding hydrogens is 584 g/mol. The number of hydrogen-bond acceptors (Lipinski definition) is 7. The van der Waals surface area contributed by atoms with Gasteiger partial charge in [0.05, 0.1) is 13.2 Å². The highest BCUT2D eigenvalue weighted by Crippen LogP contribution is 2.37. The lowest BCUT2D eigenvalue weighted by atomic mass is 9.78. The Balaban J connectivity index is 1.21. The second kappa shape index (κ2) is 14.9. The molecule has 1 spiro atoms. The summed E-state index contributed by atoms with van der Waals surface area (Å²) >= 11 is 0. The van der Waals surface area contributed by atoms with Gasteiger partial charge in [0.1, 0.15) is 17.3 Å². The molecule has 0 radical (unpaired) electrons. The second-order valence-electron chi connectivity index (χ2n) is 13.3. The monoisotopic (exact) mass is 634 g/mol. The van der Waals surface area contributed by atoms with E-state index in [1.54, 1.807) is 39.4 Å². The molecule has 2 aromatic carbocycles. The van der Waals surface area contributed by atoms with E-state index in [2.05, 4.69) is 17.1 Å². The Kier molecular flexibility index (Phi) is 10.9. The van der Waals surface area contributed by atoms with Crippen molar-refractivity contribution in [3.05, 3.63) is 53.6 Å². The molecule has 2 heterocycles. The summed E-state index contributed by atoms with van der Waals surface area (Å²) in [6.45, 7) is 4.72. The van der Waals surface area contributed by atoms with E-state index in [1.165, 1.54) is 11.3 Å². The Labute approximate surface area is 273 Å². The predicted molar refractivity (Wildman–Crippen MR) is 176 cm³/mol. The van der Waals surface area contributed by atoms with E-state index in [0.717, 1.165) is 44.1 Å². The summed E-state index contributed by atoms with van der Waals surface area (Å²) < 4.78 is 11.6. The summed E-state index contributed by atoms with van der Waals surface area (Å²) in [5.74, 6) is 1.37. The van der Waals surface area contributed by atoms with Gasteiger partial charge in [-0.3, -0.25) is 19.3 Å². The first-order valence-electron chi connectivity index (χ1n) is 16.9. The lowest BCUT2D eigenvalue weighted by Gasteiger charge is -2.52. The van der Waals surface area contributed by atoms with Crippen LogP contribution in [-0.2, 0) is 16.1 Å². The quantitative estimate of drug-likeness (QED) is 0.372. The Morgan fingerprint density at radius 1 is 1.04 bits per heavy atom. The third-order valence-electron chi connectivity index (χ3n) is 10.0. The van der Waals surface area contributed by atoms with Crippen molar-refractivity contribution < 1.29 is 29.0 Å². The van der Waals surface area contributed by atoms with Crippen LogP contribution in [0.25, 0.3) is 0 Å². The zero-order valence-corrected chi connectivity index (χ0v) is 27.8. The lowest BCUT2D eigenvalue weighted by molar-refractivity contribution is -0.166. The number of methoxy groups -OCH3 is 1. The van der Waals surface area contributed by atoms with E-state index in [1.807, 2.05) is 29.2 Å². The van der Waals surface area contributed by atoms with Crippen LogP contribution in [0.1, 0.15) is 80.6 Å². The Morgan fingerprint density at radius 3 is 2.37 bits per heavy atom. The summed E-state index contributed by atoms with van der Waals surface area (Å²) in [5, 5.41) is 14.2. The van der Waals surface area contributed by atoms with Gasteiger partial charge >= 0.3 is 0 Å². The highest BCUT2D eigenvalue weighted by atomic mass is 16.5. The fraction of sp³-hybridized carbons (Fsp3) is 0.583. The van der Waals surface area contributed by atoms with E-state index in [4.69, 9.17) is 9.47 Å². The Morgan fingerprint density at radius 2 is 1.74 bits per heavy atom. The maximum absolute atomic E-state index is 13.9. The minimum absolute atomic E-state index is 0.0602. The minimum atomic E-state index is -0.866. The highest BCUT2D eigenvalue weighted by Gasteiger charge is 2.55. The predicted octanol–water partition coefficient (Wildman–Crippen LogP) is 4.59. The van der Waals surface area contributed by atoms with E-state index >= 15 is 0 Å². The van der Waals surface area contributed by atoms with Crippen molar-refractivity contribution in [2.24, 2.45) is 5.92 Å². The van der Waals surface area contributed by atoms with Crippen molar-refractivity contribution >= 4 is 17.7 Å². The average molecular weight is 635 g/mol. The van der Waals surface area contributed by atoms with Crippen molar-refractivity contribution in [2.45, 2.75) is 88.9 Å².